The van der Waals surface area contributed by atoms with Crippen molar-refractivity contribution in [3.05, 3.63) is 83.6 Å². The second-order valence-electron chi connectivity index (χ2n) is 5.64. The zero-order valence-electron chi connectivity index (χ0n) is 13.4. The third-order valence-corrected chi connectivity index (χ3v) is 3.95. The van der Waals surface area contributed by atoms with E-state index in [1.165, 1.54) is 0 Å². The molecule has 0 spiro atoms. The second kappa shape index (κ2) is 7.15. The number of furan rings is 1. The summed E-state index contributed by atoms with van der Waals surface area (Å²) < 4.78 is 5.34. The lowest BCUT2D eigenvalue weighted by atomic mass is 10.1. The highest BCUT2D eigenvalue weighted by atomic mass is 16.3. The van der Waals surface area contributed by atoms with E-state index < -0.39 is 6.10 Å². The lowest BCUT2D eigenvalue weighted by molar-refractivity contribution is 0.0915. The summed E-state index contributed by atoms with van der Waals surface area (Å²) in [5.41, 5.74) is 3.22. The first-order valence-electron chi connectivity index (χ1n) is 7.81. The Morgan fingerprint density at radius 1 is 1.08 bits per heavy atom. The zero-order valence-corrected chi connectivity index (χ0v) is 13.4. The largest absolute Gasteiger partial charge is 0.464 e. The summed E-state index contributed by atoms with van der Waals surface area (Å²) in [6.07, 6.45) is 0.864. The van der Waals surface area contributed by atoms with Crippen molar-refractivity contribution in [1.29, 1.82) is 0 Å². The van der Waals surface area contributed by atoms with Crippen molar-refractivity contribution >= 4 is 5.91 Å². The van der Waals surface area contributed by atoms with Crippen LogP contribution in [-0.2, 0) is 0 Å². The van der Waals surface area contributed by atoms with Gasteiger partial charge in [-0.25, -0.2) is 0 Å². The molecule has 0 aliphatic rings. The highest BCUT2D eigenvalue weighted by molar-refractivity contribution is 5.95. The molecule has 0 unspecified atom stereocenters. The van der Waals surface area contributed by atoms with Gasteiger partial charge in [-0.1, -0.05) is 42.5 Å². The molecule has 1 amide bonds. The van der Waals surface area contributed by atoms with Crippen molar-refractivity contribution in [2.24, 2.45) is 0 Å². The molecule has 2 N–H and O–H groups in total. The number of carbonyl (C=O) groups is 1. The van der Waals surface area contributed by atoms with Crippen molar-refractivity contribution in [1.82, 2.24) is 5.32 Å². The minimum absolute atomic E-state index is 0.160. The van der Waals surface area contributed by atoms with Crippen LogP contribution in [-0.4, -0.2) is 17.6 Å². The zero-order chi connectivity index (χ0) is 16.9. The maximum atomic E-state index is 12.2. The molecule has 1 aromatic heterocycles. The smallest absolute Gasteiger partial charge is 0.251 e. The van der Waals surface area contributed by atoms with Crippen LogP contribution in [0.1, 0.15) is 27.6 Å². The molecule has 0 aliphatic heterocycles. The molecule has 4 heteroatoms. The van der Waals surface area contributed by atoms with Crippen LogP contribution in [0.25, 0.3) is 11.3 Å². The van der Waals surface area contributed by atoms with Crippen LogP contribution >= 0.6 is 0 Å². The quantitative estimate of drug-likeness (QED) is 0.753. The molecule has 0 fully saturated rings. The third-order valence-electron chi connectivity index (χ3n) is 3.95. The maximum Gasteiger partial charge on any atom is 0.251 e. The van der Waals surface area contributed by atoms with E-state index in [9.17, 15) is 9.90 Å². The molecule has 122 valence electrons. The topological polar surface area (TPSA) is 62.5 Å². The van der Waals surface area contributed by atoms with Crippen LogP contribution in [0.3, 0.4) is 0 Å². The second-order valence-corrected chi connectivity index (χ2v) is 5.64. The number of aryl methyl sites for hydroxylation is 1. The fraction of sp³-hybridized carbons (Fsp3) is 0.150. The first-order chi connectivity index (χ1) is 11.6. The maximum absolute atomic E-state index is 12.2. The number of carbonyl (C=O) groups excluding carboxylic acids is 1. The van der Waals surface area contributed by atoms with E-state index in [0.29, 0.717) is 5.56 Å². The van der Waals surface area contributed by atoms with Gasteiger partial charge in [0, 0.05) is 17.7 Å². The summed E-state index contributed by atoms with van der Waals surface area (Å²) in [6, 6.07) is 18.5. The van der Waals surface area contributed by atoms with Gasteiger partial charge in [-0.3, -0.25) is 4.79 Å². The molecule has 1 heterocycles. The molecule has 0 radical (unpaired) electrons. The number of aliphatic hydroxyl groups excluding tert-OH is 1. The third kappa shape index (κ3) is 3.55. The lowest BCUT2D eigenvalue weighted by Gasteiger charge is -2.13. The van der Waals surface area contributed by atoms with Crippen LogP contribution in [0.2, 0.25) is 0 Å². The normalized spacial score (nSPS) is 11.9. The molecule has 2 aromatic carbocycles. The van der Waals surface area contributed by atoms with E-state index >= 15 is 0 Å². The Labute approximate surface area is 140 Å². The van der Waals surface area contributed by atoms with Crippen molar-refractivity contribution < 1.29 is 14.3 Å². The summed E-state index contributed by atoms with van der Waals surface area (Å²) in [4.78, 5) is 12.2. The number of benzene rings is 2. The Hall–Kier alpha value is -2.85. The molecular weight excluding hydrogens is 302 g/mol. The number of aliphatic hydroxyl groups is 1. The minimum atomic E-state index is -0.761. The van der Waals surface area contributed by atoms with Gasteiger partial charge >= 0.3 is 0 Å². The first-order valence-corrected chi connectivity index (χ1v) is 7.81. The fourth-order valence-corrected chi connectivity index (χ4v) is 2.54. The molecule has 0 saturated carbocycles. The van der Waals surface area contributed by atoms with Gasteiger partial charge in [-0.05, 0) is 36.2 Å². The van der Waals surface area contributed by atoms with Gasteiger partial charge in [0.25, 0.3) is 5.91 Å². The van der Waals surface area contributed by atoms with Crippen LogP contribution in [0.4, 0.5) is 0 Å². The molecular formula is C20H19NO3. The monoisotopic (exact) mass is 321 g/mol. The lowest BCUT2D eigenvalue weighted by Crippen LogP contribution is -2.28. The van der Waals surface area contributed by atoms with Crippen LogP contribution in [0, 0.1) is 6.92 Å². The van der Waals surface area contributed by atoms with E-state index in [2.05, 4.69) is 5.32 Å². The van der Waals surface area contributed by atoms with Crippen LogP contribution < -0.4 is 5.32 Å². The SMILES string of the molecule is Cc1ccccc1C(=O)NC[C@@H](O)c1ccc(-c2ccco2)cc1. The van der Waals surface area contributed by atoms with Crippen molar-refractivity contribution in [2.75, 3.05) is 6.54 Å². The summed E-state index contributed by atoms with van der Waals surface area (Å²) in [7, 11) is 0. The van der Waals surface area contributed by atoms with E-state index in [4.69, 9.17) is 4.42 Å². The Balaban J connectivity index is 1.62. The van der Waals surface area contributed by atoms with Gasteiger partial charge in [0.15, 0.2) is 0 Å². The Morgan fingerprint density at radius 3 is 2.50 bits per heavy atom. The molecule has 0 bridgehead atoms. The number of nitrogens with one attached hydrogen (secondary N) is 1. The molecule has 0 aliphatic carbocycles. The summed E-state index contributed by atoms with van der Waals surface area (Å²) in [5.74, 6) is 0.600. The fourth-order valence-electron chi connectivity index (χ4n) is 2.54. The van der Waals surface area contributed by atoms with Gasteiger partial charge in [-0.15, -0.1) is 0 Å². The molecule has 3 rings (SSSR count). The Kier molecular flexibility index (Phi) is 4.77. The average molecular weight is 321 g/mol. The highest BCUT2D eigenvalue weighted by Gasteiger charge is 2.12. The molecule has 3 aromatic rings. The van der Waals surface area contributed by atoms with Crippen LogP contribution in [0.15, 0.2) is 71.3 Å². The number of hydrogen-bond acceptors (Lipinski definition) is 3. The van der Waals surface area contributed by atoms with Gasteiger partial charge in [-0.2, -0.15) is 0 Å². The molecule has 0 saturated heterocycles. The number of rotatable bonds is 5. The number of hydrogen-bond donors (Lipinski definition) is 2. The Morgan fingerprint density at radius 2 is 1.83 bits per heavy atom. The number of amides is 1. The van der Waals surface area contributed by atoms with Crippen molar-refractivity contribution in [2.45, 2.75) is 13.0 Å². The van der Waals surface area contributed by atoms with Crippen molar-refractivity contribution in [3.8, 4) is 11.3 Å². The average Bonchev–Trinajstić information content (AvgIpc) is 3.14. The van der Waals surface area contributed by atoms with E-state index in [1.807, 2.05) is 61.5 Å². The van der Waals surface area contributed by atoms with Gasteiger partial charge in [0.1, 0.15) is 5.76 Å². The van der Waals surface area contributed by atoms with E-state index in [0.717, 1.165) is 22.5 Å². The van der Waals surface area contributed by atoms with Crippen molar-refractivity contribution in [3.63, 3.8) is 0 Å². The first kappa shape index (κ1) is 16.0. The van der Waals surface area contributed by atoms with E-state index in [-0.39, 0.29) is 12.5 Å². The molecule has 1 atom stereocenters. The molecule has 4 nitrogen and oxygen atoms in total. The predicted molar refractivity (Wildman–Crippen MR) is 92.6 cm³/mol. The Bertz CT molecular complexity index is 807. The highest BCUT2D eigenvalue weighted by Crippen LogP contribution is 2.22. The summed E-state index contributed by atoms with van der Waals surface area (Å²) in [6.45, 7) is 2.05. The summed E-state index contributed by atoms with van der Waals surface area (Å²) in [5, 5.41) is 13.0. The standard InChI is InChI=1S/C20H19NO3/c1-14-5-2-3-6-17(14)20(23)21-13-18(22)15-8-10-16(11-9-15)19-7-4-12-24-19/h2-12,18,22H,13H2,1H3,(H,21,23)/t18-/m1/s1. The van der Waals surface area contributed by atoms with Gasteiger partial charge in [0.2, 0.25) is 0 Å². The summed E-state index contributed by atoms with van der Waals surface area (Å²) >= 11 is 0. The van der Waals surface area contributed by atoms with Crippen LogP contribution in [0.5, 0.6) is 0 Å². The molecule has 24 heavy (non-hydrogen) atoms. The van der Waals surface area contributed by atoms with Gasteiger partial charge < -0.3 is 14.8 Å². The van der Waals surface area contributed by atoms with E-state index in [1.54, 1.807) is 12.3 Å². The van der Waals surface area contributed by atoms with Gasteiger partial charge in [0.05, 0.1) is 12.4 Å². The minimum Gasteiger partial charge on any atom is -0.464 e. The predicted octanol–water partition coefficient (Wildman–Crippen LogP) is 3.72.